The number of rotatable bonds is 4. The second-order valence-corrected chi connectivity index (χ2v) is 8.24. The van der Waals surface area contributed by atoms with Gasteiger partial charge in [0.05, 0.1) is 6.54 Å². The van der Waals surface area contributed by atoms with Gasteiger partial charge in [-0.1, -0.05) is 25.3 Å². The minimum Gasteiger partial charge on any atom is -0.340 e. The molecular formula is C19H26IN3O2. The second kappa shape index (κ2) is 8.98. The molecule has 1 aromatic carbocycles. The lowest BCUT2D eigenvalue weighted by Crippen LogP contribution is -2.52. The van der Waals surface area contributed by atoms with Gasteiger partial charge in [-0.25, -0.2) is 0 Å². The second-order valence-electron chi connectivity index (χ2n) is 6.99. The fraction of sp³-hybridized carbons (Fsp3) is 0.579. The lowest BCUT2D eigenvalue weighted by atomic mass is 9.88. The van der Waals surface area contributed by atoms with Gasteiger partial charge in [0.25, 0.3) is 0 Å². The van der Waals surface area contributed by atoms with E-state index in [-0.39, 0.29) is 11.8 Å². The van der Waals surface area contributed by atoms with Crippen LogP contribution in [0.1, 0.15) is 32.1 Å². The zero-order valence-corrected chi connectivity index (χ0v) is 16.7. The highest BCUT2D eigenvalue weighted by atomic mass is 127. The van der Waals surface area contributed by atoms with Crippen molar-refractivity contribution in [2.45, 2.75) is 32.1 Å². The molecule has 0 unspecified atom stereocenters. The third-order valence-corrected chi connectivity index (χ3v) is 5.78. The Morgan fingerprint density at radius 3 is 2.48 bits per heavy atom. The molecule has 1 aliphatic heterocycles. The minimum atomic E-state index is 0.00839. The van der Waals surface area contributed by atoms with Crippen LogP contribution in [-0.4, -0.2) is 54.3 Å². The summed E-state index contributed by atoms with van der Waals surface area (Å²) in [6.07, 6.45) is 5.76. The lowest BCUT2D eigenvalue weighted by Gasteiger charge is -2.36. The van der Waals surface area contributed by atoms with Gasteiger partial charge in [-0.3, -0.25) is 14.5 Å². The number of halogens is 1. The molecule has 0 radical (unpaired) electrons. The van der Waals surface area contributed by atoms with Crippen molar-refractivity contribution < 1.29 is 9.59 Å². The Morgan fingerprint density at radius 2 is 1.80 bits per heavy atom. The Morgan fingerprint density at radius 1 is 1.08 bits per heavy atom. The van der Waals surface area contributed by atoms with Crippen molar-refractivity contribution in [2.24, 2.45) is 5.92 Å². The van der Waals surface area contributed by atoms with Crippen molar-refractivity contribution in [3.8, 4) is 0 Å². The SMILES string of the molecule is O=C(CN1CCN(C(=O)C2CCCCC2)CC1)Nc1cccc(I)c1. The molecule has 1 aliphatic carbocycles. The summed E-state index contributed by atoms with van der Waals surface area (Å²) in [5.41, 5.74) is 0.836. The molecule has 2 aliphatic rings. The Kier molecular flexibility index (Phi) is 6.70. The molecule has 5 nitrogen and oxygen atoms in total. The third-order valence-electron chi connectivity index (χ3n) is 5.11. The number of benzene rings is 1. The molecule has 0 bridgehead atoms. The first-order valence-corrected chi connectivity index (χ1v) is 10.3. The van der Waals surface area contributed by atoms with Crippen LogP contribution in [0.2, 0.25) is 0 Å². The topological polar surface area (TPSA) is 52.7 Å². The fourth-order valence-corrected chi connectivity index (χ4v) is 4.25. The number of piperazine rings is 1. The quantitative estimate of drug-likeness (QED) is 0.711. The molecule has 25 heavy (non-hydrogen) atoms. The first-order chi connectivity index (χ1) is 12.1. The number of amides is 2. The van der Waals surface area contributed by atoms with Gasteiger partial charge in [0, 0.05) is 41.4 Å². The van der Waals surface area contributed by atoms with Crippen LogP contribution in [0, 0.1) is 9.49 Å². The summed E-state index contributed by atoms with van der Waals surface area (Å²) in [6, 6.07) is 7.80. The molecule has 0 aromatic heterocycles. The van der Waals surface area contributed by atoms with Crippen LogP contribution < -0.4 is 5.32 Å². The van der Waals surface area contributed by atoms with Crippen molar-refractivity contribution in [2.75, 3.05) is 38.0 Å². The van der Waals surface area contributed by atoms with Crippen molar-refractivity contribution in [1.29, 1.82) is 0 Å². The van der Waals surface area contributed by atoms with Crippen LogP contribution in [0.15, 0.2) is 24.3 Å². The Bertz CT molecular complexity index is 608. The van der Waals surface area contributed by atoms with E-state index in [9.17, 15) is 9.59 Å². The van der Waals surface area contributed by atoms with E-state index in [0.717, 1.165) is 48.3 Å². The molecule has 136 valence electrons. The van der Waals surface area contributed by atoms with E-state index in [1.165, 1.54) is 19.3 Å². The molecule has 2 amide bonds. The number of hydrogen-bond donors (Lipinski definition) is 1. The molecule has 1 heterocycles. The summed E-state index contributed by atoms with van der Waals surface area (Å²) in [5.74, 6) is 0.584. The Balaban J connectivity index is 1.42. The average molecular weight is 455 g/mol. The van der Waals surface area contributed by atoms with Crippen molar-refractivity contribution in [3.63, 3.8) is 0 Å². The third kappa shape index (κ3) is 5.41. The van der Waals surface area contributed by atoms with E-state index in [0.29, 0.717) is 12.5 Å². The van der Waals surface area contributed by atoms with E-state index in [2.05, 4.69) is 32.8 Å². The maximum absolute atomic E-state index is 12.6. The summed E-state index contributed by atoms with van der Waals surface area (Å²) in [4.78, 5) is 28.9. The molecule has 6 heteroatoms. The highest BCUT2D eigenvalue weighted by Gasteiger charge is 2.28. The van der Waals surface area contributed by atoms with E-state index < -0.39 is 0 Å². The van der Waals surface area contributed by atoms with Crippen molar-refractivity contribution in [1.82, 2.24) is 9.80 Å². The standard InChI is InChI=1S/C19H26IN3O2/c20-16-7-4-8-17(13-16)21-18(24)14-22-9-11-23(12-10-22)19(25)15-5-2-1-3-6-15/h4,7-8,13,15H,1-3,5-6,9-12,14H2,(H,21,24). The van der Waals surface area contributed by atoms with Crippen LogP contribution >= 0.6 is 22.6 Å². The number of hydrogen-bond acceptors (Lipinski definition) is 3. The molecule has 1 N–H and O–H groups in total. The number of nitrogens with zero attached hydrogens (tertiary/aromatic N) is 2. The zero-order chi connectivity index (χ0) is 17.6. The largest absolute Gasteiger partial charge is 0.340 e. The van der Waals surface area contributed by atoms with Gasteiger partial charge in [-0.2, -0.15) is 0 Å². The molecule has 2 fully saturated rings. The van der Waals surface area contributed by atoms with E-state index in [4.69, 9.17) is 0 Å². The smallest absolute Gasteiger partial charge is 0.238 e. The van der Waals surface area contributed by atoms with Crippen LogP contribution in [0.4, 0.5) is 5.69 Å². The first-order valence-electron chi connectivity index (χ1n) is 9.18. The van der Waals surface area contributed by atoms with Gasteiger partial charge >= 0.3 is 0 Å². The van der Waals surface area contributed by atoms with Crippen LogP contribution in [0.3, 0.4) is 0 Å². The van der Waals surface area contributed by atoms with E-state index >= 15 is 0 Å². The molecule has 1 saturated carbocycles. The Labute approximate surface area is 163 Å². The minimum absolute atomic E-state index is 0.00839. The summed E-state index contributed by atoms with van der Waals surface area (Å²) in [7, 11) is 0. The first kappa shape index (κ1) is 18.6. The van der Waals surface area contributed by atoms with Crippen molar-refractivity contribution >= 4 is 40.1 Å². The molecule has 0 spiro atoms. The van der Waals surface area contributed by atoms with Crippen LogP contribution in [0.25, 0.3) is 0 Å². The van der Waals surface area contributed by atoms with Gasteiger partial charge in [-0.15, -0.1) is 0 Å². The number of carbonyl (C=O) groups is 2. The fourth-order valence-electron chi connectivity index (χ4n) is 3.70. The monoisotopic (exact) mass is 455 g/mol. The van der Waals surface area contributed by atoms with Gasteiger partial charge in [-0.05, 0) is 53.6 Å². The predicted molar refractivity (Wildman–Crippen MR) is 107 cm³/mol. The molecule has 1 aromatic rings. The summed E-state index contributed by atoms with van der Waals surface area (Å²) >= 11 is 2.23. The van der Waals surface area contributed by atoms with E-state index in [1.54, 1.807) is 0 Å². The average Bonchev–Trinajstić information content (AvgIpc) is 2.62. The number of carbonyl (C=O) groups excluding carboxylic acids is 2. The molecule has 1 saturated heterocycles. The Hall–Kier alpha value is -1.15. The summed E-state index contributed by atoms with van der Waals surface area (Å²) in [6.45, 7) is 3.42. The number of nitrogens with one attached hydrogen (secondary N) is 1. The molecular weight excluding hydrogens is 429 g/mol. The summed E-state index contributed by atoms with van der Waals surface area (Å²) in [5, 5.41) is 2.95. The van der Waals surface area contributed by atoms with Crippen LogP contribution in [-0.2, 0) is 9.59 Å². The maximum Gasteiger partial charge on any atom is 0.238 e. The summed E-state index contributed by atoms with van der Waals surface area (Å²) < 4.78 is 1.10. The maximum atomic E-state index is 12.6. The lowest BCUT2D eigenvalue weighted by molar-refractivity contribution is -0.138. The number of anilines is 1. The van der Waals surface area contributed by atoms with Gasteiger partial charge in [0.15, 0.2) is 0 Å². The van der Waals surface area contributed by atoms with Crippen LogP contribution in [0.5, 0.6) is 0 Å². The zero-order valence-electron chi connectivity index (χ0n) is 14.5. The highest BCUT2D eigenvalue weighted by molar-refractivity contribution is 14.1. The van der Waals surface area contributed by atoms with Gasteiger partial charge < -0.3 is 10.2 Å². The highest BCUT2D eigenvalue weighted by Crippen LogP contribution is 2.25. The van der Waals surface area contributed by atoms with E-state index in [1.807, 2.05) is 29.2 Å². The van der Waals surface area contributed by atoms with Gasteiger partial charge in [0.2, 0.25) is 11.8 Å². The normalized spacial score (nSPS) is 19.6. The molecule has 3 rings (SSSR count). The predicted octanol–water partition coefficient (Wildman–Crippen LogP) is 2.95. The van der Waals surface area contributed by atoms with Crippen molar-refractivity contribution in [3.05, 3.63) is 27.8 Å². The van der Waals surface area contributed by atoms with Gasteiger partial charge in [0.1, 0.15) is 0 Å². The molecule has 0 atom stereocenters.